The number of rotatable bonds is 4. The van der Waals surface area contributed by atoms with Gasteiger partial charge in [0.05, 0.1) is 7.11 Å². The fourth-order valence-electron chi connectivity index (χ4n) is 3.62. The van der Waals surface area contributed by atoms with Gasteiger partial charge in [-0.1, -0.05) is 12.1 Å². The van der Waals surface area contributed by atoms with Gasteiger partial charge in [0.15, 0.2) is 0 Å². The maximum absolute atomic E-state index is 12.0. The van der Waals surface area contributed by atoms with E-state index >= 15 is 0 Å². The Bertz CT molecular complexity index is 503. The fourth-order valence-corrected chi connectivity index (χ4v) is 3.62. The summed E-state index contributed by atoms with van der Waals surface area (Å²) in [4.78, 5) is 16.5. The van der Waals surface area contributed by atoms with Crippen molar-refractivity contribution in [3.8, 4) is 5.75 Å². The quantitative estimate of drug-likeness (QED) is 0.840. The van der Waals surface area contributed by atoms with Crippen molar-refractivity contribution in [3.63, 3.8) is 0 Å². The molecule has 2 saturated heterocycles. The second-order valence-electron chi connectivity index (χ2n) is 5.63. The Balaban J connectivity index is 1.71. The van der Waals surface area contributed by atoms with Gasteiger partial charge in [0.25, 0.3) is 0 Å². The zero-order chi connectivity index (χ0) is 14.1. The van der Waals surface area contributed by atoms with Crippen molar-refractivity contribution in [2.24, 2.45) is 0 Å². The van der Waals surface area contributed by atoms with Crippen LogP contribution in [0.3, 0.4) is 0 Å². The Morgan fingerprint density at radius 2 is 2.20 bits per heavy atom. The second-order valence-corrected chi connectivity index (χ2v) is 5.63. The first-order valence-electron chi connectivity index (χ1n) is 7.39. The lowest BCUT2D eigenvalue weighted by molar-refractivity contribution is -0.128. The van der Waals surface area contributed by atoms with E-state index in [0.717, 1.165) is 31.8 Å². The minimum atomic E-state index is 0.317. The molecule has 0 aromatic heterocycles. The van der Waals surface area contributed by atoms with E-state index in [-0.39, 0.29) is 0 Å². The summed E-state index contributed by atoms with van der Waals surface area (Å²) >= 11 is 0. The molecule has 1 aromatic carbocycles. The Morgan fingerprint density at radius 1 is 1.35 bits per heavy atom. The van der Waals surface area contributed by atoms with E-state index in [0.29, 0.717) is 24.4 Å². The predicted octanol–water partition coefficient (Wildman–Crippen LogP) is 1.89. The van der Waals surface area contributed by atoms with Crippen molar-refractivity contribution in [2.75, 3.05) is 20.2 Å². The van der Waals surface area contributed by atoms with Crippen LogP contribution < -0.4 is 4.74 Å². The fraction of sp³-hybridized carbons (Fsp3) is 0.562. The Labute approximate surface area is 120 Å². The highest BCUT2D eigenvalue weighted by Gasteiger charge is 2.45. The van der Waals surface area contributed by atoms with Crippen LogP contribution in [0.4, 0.5) is 0 Å². The average Bonchev–Trinajstić information content (AvgIpc) is 2.98. The van der Waals surface area contributed by atoms with Crippen LogP contribution in [0.5, 0.6) is 5.75 Å². The zero-order valence-corrected chi connectivity index (χ0v) is 12.2. The highest BCUT2D eigenvalue weighted by molar-refractivity contribution is 5.80. The molecule has 0 spiro atoms. The number of likely N-dealkylation sites (tertiary alicyclic amines) is 2. The highest BCUT2D eigenvalue weighted by atomic mass is 16.5. The number of amides is 1. The molecule has 0 bridgehead atoms. The van der Waals surface area contributed by atoms with Gasteiger partial charge in [-0.3, -0.25) is 9.69 Å². The third-order valence-electron chi connectivity index (χ3n) is 4.59. The SMILES string of the molecule is CCN1C(=O)CC2C1CCN2Cc1cccc(OC)c1. The smallest absolute Gasteiger partial charge is 0.224 e. The van der Waals surface area contributed by atoms with Gasteiger partial charge < -0.3 is 9.64 Å². The van der Waals surface area contributed by atoms with Crippen molar-refractivity contribution in [1.82, 2.24) is 9.80 Å². The molecule has 2 heterocycles. The number of carbonyl (C=O) groups is 1. The Morgan fingerprint density at radius 3 is 2.95 bits per heavy atom. The van der Waals surface area contributed by atoms with E-state index in [1.165, 1.54) is 5.56 Å². The van der Waals surface area contributed by atoms with E-state index in [2.05, 4.69) is 28.9 Å². The minimum Gasteiger partial charge on any atom is -0.497 e. The summed E-state index contributed by atoms with van der Waals surface area (Å²) in [6.07, 6.45) is 1.79. The molecule has 4 nitrogen and oxygen atoms in total. The van der Waals surface area contributed by atoms with E-state index in [1.54, 1.807) is 7.11 Å². The Kier molecular flexibility index (Phi) is 3.66. The summed E-state index contributed by atoms with van der Waals surface area (Å²) in [6.45, 7) is 4.90. The van der Waals surface area contributed by atoms with Gasteiger partial charge in [0.1, 0.15) is 5.75 Å². The molecule has 0 radical (unpaired) electrons. The van der Waals surface area contributed by atoms with Crippen LogP contribution in [-0.2, 0) is 11.3 Å². The summed E-state index contributed by atoms with van der Waals surface area (Å²) in [5.74, 6) is 1.22. The number of ether oxygens (including phenoxy) is 1. The van der Waals surface area contributed by atoms with Crippen LogP contribution in [-0.4, -0.2) is 48.0 Å². The molecule has 0 saturated carbocycles. The molecule has 3 rings (SSSR count). The zero-order valence-electron chi connectivity index (χ0n) is 12.2. The molecule has 2 aliphatic rings. The molecule has 2 atom stereocenters. The number of carbonyl (C=O) groups excluding carboxylic acids is 1. The van der Waals surface area contributed by atoms with E-state index in [4.69, 9.17) is 4.74 Å². The van der Waals surface area contributed by atoms with E-state index < -0.39 is 0 Å². The summed E-state index contributed by atoms with van der Waals surface area (Å²) < 4.78 is 5.28. The molecule has 4 heteroatoms. The first-order chi connectivity index (χ1) is 9.72. The average molecular weight is 274 g/mol. The van der Waals surface area contributed by atoms with Crippen LogP contribution in [0.2, 0.25) is 0 Å². The largest absolute Gasteiger partial charge is 0.497 e. The number of hydrogen-bond acceptors (Lipinski definition) is 3. The molecule has 2 unspecified atom stereocenters. The van der Waals surface area contributed by atoms with Crippen molar-refractivity contribution < 1.29 is 9.53 Å². The van der Waals surface area contributed by atoms with Gasteiger partial charge in [0, 0.05) is 38.1 Å². The summed E-state index contributed by atoms with van der Waals surface area (Å²) in [7, 11) is 1.69. The monoisotopic (exact) mass is 274 g/mol. The van der Waals surface area contributed by atoms with Gasteiger partial charge >= 0.3 is 0 Å². The van der Waals surface area contributed by atoms with Crippen molar-refractivity contribution in [3.05, 3.63) is 29.8 Å². The lowest BCUT2D eigenvalue weighted by atomic mass is 10.1. The van der Waals surface area contributed by atoms with Crippen LogP contribution in [0.25, 0.3) is 0 Å². The van der Waals surface area contributed by atoms with Crippen molar-refractivity contribution >= 4 is 5.91 Å². The van der Waals surface area contributed by atoms with Gasteiger partial charge in [-0.15, -0.1) is 0 Å². The first-order valence-corrected chi connectivity index (χ1v) is 7.39. The van der Waals surface area contributed by atoms with Gasteiger partial charge in [-0.05, 0) is 31.0 Å². The third-order valence-corrected chi connectivity index (χ3v) is 4.59. The van der Waals surface area contributed by atoms with Crippen LogP contribution in [0.15, 0.2) is 24.3 Å². The van der Waals surface area contributed by atoms with E-state index in [1.807, 2.05) is 12.1 Å². The normalized spacial score (nSPS) is 26.1. The third kappa shape index (κ3) is 2.29. The molecule has 1 aromatic rings. The molecule has 20 heavy (non-hydrogen) atoms. The number of benzene rings is 1. The van der Waals surface area contributed by atoms with Gasteiger partial charge in [-0.25, -0.2) is 0 Å². The van der Waals surface area contributed by atoms with Crippen LogP contribution in [0, 0.1) is 0 Å². The topological polar surface area (TPSA) is 32.8 Å². The number of methoxy groups -OCH3 is 1. The van der Waals surface area contributed by atoms with Crippen molar-refractivity contribution in [1.29, 1.82) is 0 Å². The van der Waals surface area contributed by atoms with Crippen LogP contribution in [0.1, 0.15) is 25.3 Å². The summed E-state index contributed by atoms with van der Waals surface area (Å²) in [5.41, 5.74) is 1.26. The lowest BCUT2D eigenvalue weighted by Gasteiger charge is -2.24. The molecule has 108 valence electrons. The number of nitrogens with zero attached hydrogens (tertiary/aromatic N) is 2. The molecular weight excluding hydrogens is 252 g/mol. The van der Waals surface area contributed by atoms with Gasteiger partial charge in [-0.2, -0.15) is 0 Å². The maximum atomic E-state index is 12.0. The number of fused-ring (bicyclic) bond motifs is 1. The molecular formula is C16H22N2O2. The van der Waals surface area contributed by atoms with Crippen molar-refractivity contribution in [2.45, 2.75) is 38.4 Å². The second kappa shape index (κ2) is 5.44. The maximum Gasteiger partial charge on any atom is 0.224 e. The number of hydrogen-bond donors (Lipinski definition) is 0. The Hall–Kier alpha value is -1.55. The predicted molar refractivity (Wildman–Crippen MR) is 77.6 cm³/mol. The van der Waals surface area contributed by atoms with E-state index in [9.17, 15) is 4.79 Å². The minimum absolute atomic E-state index is 0.317. The molecule has 2 fully saturated rings. The first kappa shape index (κ1) is 13.4. The molecule has 0 aliphatic carbocycles. The summed E-state index contributed by atoms with van der Waals surface area (Å²) in [6, 6.07) is 9.03. The van der Waals surface area contributed by atoms with Crippen LogP contribution >= 0.6 is 0 Å². The highest BCUT2D eigenvalue weighted by Crippen LogP contribution is 2.33. The molecule has 2 aliphatic heterocycles. The molecule has 0 N–H and O–H groups in total. The standard InChI is InChI=1S/C16H22N2O2/c1-3-18-14-7-8-17(15(14)10-16(18)19)11-12-5-4-6-13(9-12)20-2/h4-6,9,14-15H,3,7-8,10-11H2,1-2H3. The molecule has 1 amide bonds. The van der Waals surface area contributed by atoms with Gasteiger partial charge in [0.2, 0.25) is 5.91 Å². The number of likely N-dealkylation sites (N-methyl/N-ethyl adjacent to an activating group) is 1. The lowest BCUT2D eigenvalue weighted by Crippen LogP contribution is -2.36. The summed E-state index contributed by atoms with van der Waals surface area (Å²) in [5, 5.41) is 0.